The average Bonchev–Trinajstić information content (AvgIpc) is 2.62. The standard InChI is InChI=1S/C18H20ClN3O4/c1-4-7-26-18-8-13(16(22(23)24)10-17(18)25-3)11-20-21-14-6-5-12(2)15(19)9-14/h5-6,8-11,21H,4,7H2,1-3H3. The monoisotopic (exact) mass is 377 g/mol. The van der Waals surface area contributed by atoms with E-state index in [0.717, 1.165) is 12.0 Å². The molecule has 0 aliphatic rings. The molecule has 0 fully saturated rings. The molecule has 0 aliphatic heterocycles. The molecule has 0 atom stereocenters. The first-order valence-electron chi connectivity index (χ1n) is 8.00. The number of methoxy groups -OCH3 is 1. The molecule has 2 aromatic rings. The number of nitrogens with zero attached hydrogens (tertiary/aromatic N) is 2. The number of nitro groups is 1. The summed E-state index contributed by atoms with van der Waals surface area (Å²) in [4.78, 5) is 10.9. The van der Waals surface area contributed by atoms with Crippen LogP contribution >= 0.6 is 11.6 Å². The third-order valence-corrected chi connectivity index (χ3v) is 3.95. The lowest BCUT2D eigenvalue weighted by atomic mass is 10.1. The SMILES string of the molecule is CCCOc1cc(C=NNc2ccc(C)c(Cl)c2)c([N+](=O)[O-])cc1OC. The number of nitro benzene ring substituents is 1. The topological polar surface area (TPSA) is 86.0 Å². The molecule has 0 radical (unpaired) electrons. The molecule has 0 saturated carbocycles. The Hall–Kier alpha value is -2.80. The minimum absolute atomic E-state index is 0.127. The van der Waals surface area contributed by atoms with Crippen LogP contribution in [0.3, 0.4) is 0 Å². The van der Waals surface area contributed by atoms with E-state index >= 15 is 0 Å². The predicted molar refractivity (Wildman–Crippen MR) is 103 cm³/mol. The number of hydrogen-bond acceptors (Lipinski definition) is 6. The van der Waals surface area contributed by atoms with Gasteiger partial charge in [0, 0.05) is 5.02 Å². The van der Waals surface area contributed by atoms with E-state index in [-0.39, 0.29) is 5.69 Å². The first-order chi connectivity index (χ1) is 12.5. The Labute approximate surface area is 156 Å². The maximum absolute atomic E-state index is 11.3. The third kappa shape index (κ3) is 4.86. The van der Waals surface area contributed by atoms with E-state index in [1.165, 1.54) is 19.4 Å². The Bertz CT molecular complexity index is 824. The van der Waals surface area contributed by atoms with Gasteiger partial charge in [0.15, 0.2) is 11.5 Å². The Balaban J connectivity index is 2.29. The second kappa shape index (κ2) is 9.05. The number of hydrogen-bond donors (Lipinski definition) is 1. The lowest BCUT2D eigenvalue weighted by molar-refractivity contribution is -0.385. The summed E-state index contributed by atoms with van der Waals surface area (Å²) in [7, 11) is 1.44. The number of benzene rings is 2. The smallest absolute Gasteiger partial charge is 0.282 e. The van der Waals surface area contributed by atoms with Crippen LogP contribution in [0.1, 0.15) is 24.5 Å². The van der Waals surface area contributed by atoms with Crippen LogP contribution in [0.4, 0.5) is 11.4 Å². The fraction of sp³-hybridized carbons (Fsp3) is 0.278. The van der Waals surface area contributed by atoms with Gasteiger partial charge in [0.1, 0.15) is 0 Å². The van der Waals surface area contributed by atoms with E-state index in [0.29, 0.717) is 34.4 Å². The molecule has 0 heterocycles. The van der Waals surface area contributed by atoms with E-state index in [1.807, 2.05) is 26.0 Å². The summed E-state index contributed by atoms with van der Waals surface area (Å²) < 4.78 is 10.8. The summed E-state index contributed by atoms with van der Waals surface area (Å²) in [6.07, 6.45) is 2.17. The summed E-state index contributed by atoms with van der Waals surface area (Å²) in [6, 6.07) is 8.27. The van der Waals surface area contributed by atoms with Crippen LogP contribution in [0.2, 0.25) is 5.02 Å². The van der Waals surface area contributed by atoms with Crippen LogP contribution in [0.5, 0.6) is 11.5 Å². The molecule has 0 bridgehead atoms. The van der Waals surface area contributed by atoms with Gasteiger partial charge in [0.05, 0.1) is 42.2 Å². The van der Waals surface area contributed by atoms with Gasteiger partial charge in [0.2, 0.25) is 0 Å². The second-order valence-electron chi connectivity index (χ2n) is 5.50. The quantitative estimate of drug-likeness (QED) is 0.405. The summed E-state index contributed by atoms with van der Waals surface area (Å²) in [5.41, 5.74) is 4.61. The number of rotatable bonds is 8. The molecule has 2 rings (SSSR count). The van der Waals surface area contributed by atoms with E-state index in [4.69, 9.17) is 21.1 Å². The number of hydrazone groups is 1. The number of halogens is 1. The van der Waals surface area contributed by atoms with Gasteiger partial charge < -0.3 is 9.47 Å². The summed E-state index contributed by atoms with van der Waals surface area (Å²) in [5.74, 6) is 0.736. The molecule has 0 saturated heterocycles. The average molecular weight is 378 g/mol. The molecule has 0 spiro atoms. The molecule has 0 unspecified atom stereocenters. The van der Waals surface area contributed by atoms with Crippen molar-refractivity contribution in [2.75, 3.05) is 19.1 Å². The van der Waals surface area contributed by atoms with Crippen molar-refractivity contribution in [3.63, 3.8) is 0 Å². The van der Waals surface area contributed by atoms with Crippen LogP contribution in [0.25, 0.3) is 0 Å². The van der Waals surface area contributed by atoms with Crippen molar-refractivity contribution in [1.29, 1.82) is 0 Å². The number of anilines is 1. The van der Waals surface area contributed by atoms with Gasteiger partial charge in [-0.15, -0.1) is 0 Å². The molecular weight excluding hydrogens is 358 g/mol. The summed E-state index contributed by atoms with van der Waals surface area (Å²) >= 11 is 6.07. The highest BCUT2D eigenvalue weighted by Gasteiger charge is 2.18. The maximum Gasteiger partial charge on any atom is 0.282 e. The lowest BCUT2D eigenvalue weighted by Crippen LogP contribution is -2.02. The molecular formula is C18H20ClN3O4. The third-order valence-electron chi connectivity index (χ3n) is 3.54. The van der Waals surface area contributed by atoms with Crippen molar-refractivity contribution in [1.82, 2.24) is 0 Å². The zero-order valence-corrected chi connectivity index (χ0v) is 15.5. The molecule has 2 aromatic carbocycles. The molecule has 8 heteroatoms. The Morgan fingerprint density at radius 3 is 2.69 bits per heavy atom. The van der Waals surface area contributed by atoms with Crippen molar-refractivity contribution in [3.05, 3.63) is 56.6 Å². The molecule has 0 amide bonds. The zero-order chi connectivity index (χ0) is 19.1. The van der Waals surface area contributed by atoms with Crippen LogP contribution in [0.15, 0.2) is 35.4 Å². The largest absolute Gasteiger partial charge is 0.493 e. The Morgan fingerprint density at radius 2 is 2.08 bits per heavy atom. The van der Waals surface area contributed by atoms with Crippen LogP contribution in [0, 0.1) is 17.0 Å². The fourth-order valence-electron chi connectivity index (χ4n) is 2.15. The van der Waals surface area contributed by atoms with Crippen molar-refractivity contribution in [2.24, 2.45) is 5.10 Å². The highest BCUT2D eigenvalue weighted by molar-refractivity contribution is 6.31. The van der Waals surface area contributed by atoms with Gasteiger partial charge in [-0.25, -0.2) is 0 Å². The fourth-order valence-corrected chi connectivity index (χ4v) is 2.33. The van der Waals surface area contributed by atoms with E-state index < -0.39 is 4.92 Å². The zero-order valence-electron chi connectivity index (χ0n) is 14.8. The maximum atomic E-state index is 11.3. The van der Waals surface area contributed by atoms with Crippen molar-refractivity contribution < 1.29 is 14.4 Å². The van der Waals surface area contributed by atoms with Crippen LogP contribution in [-0.2, 0) is 0 Å². The van der Waals surface area contributed by atoms with Gasteiger partial charge in [-0.2, -0.15) is 5.10 Å². The van der Waals surface area contributed by atoms with E-state index in [2.05, 4.69) is 10.5 Å². The minimum Gasteiger partial charge on any atom is -0.493 e. The predicted octanol–water partition coefficient (Wildman–Crippen LogP) is 4.80. The van der Waals surface area contributed by atoms with Crippen LogP contribution in [-0.4, -0.2) is 24.9 Å². The van der Waals surface area contributed by atoms with Gasteiger partial charge in [-0.3, -0.25) is 15.5 Å². The minimum atomic E-state index is -0.490. The molecule has 1 N–H and O–H groups in total. The van der Waals surface area contributed by atoms with Crippen molar-refractivity contribution in [2.45, 2.75) is 20.3 Å². The first kappa shape index (κ1) is 19.5. The highest BCUT2D eigenvalue weighted by Crippen LogP contribution is 2.34. The molecule has 0 aromatic heterocycles. The second-order valence-corrected chi connectivity index (χ2v) is 5.91. The van der Waals surface area contributed by atoms with E-state index in [1.54, 1.807) is 12.1 Å². The Morgan fingerprint density at radius 1 is 1.31 bits per heavy atom. The molecule has 26 heavy (non-hydrogen) atoms. The van der Waals surface area contributed by atoms with Gasteiger partial charge in [-0.1, -0.05) is 24.6 Å². The Kier molecular flexibility index (Phi) is 6.80. The number of aryl methyl sites for hydroxylation is 1. The number of nitrogens with one attached hydrogen (secondary N) is 1. The van der Waals surface area contributed by atoms with Crippen molar-refractivity contribution in [3.8, 4) is 11.5 Å². The summed E-state index contributed by atoms with van der Waals surface area (Å²) in [6.45, 7) is 4.34. The first-order valence-corrected chi connectivity index (χ1v) is 8.38. The molecule has 138 valence electrons. The van der Waals surface area contributed by atoms with Gasteiger partial charge >= 0.3 is 0 Å². The van der Waals surface area contributed by atoms with Crippen molar-refractivity contribution >= 4 is 29.2 Å². The van der Waals surface area contributed by atoms with Crippen LogP contribution < -0.4 is 14.9 Å². The highest BCUT2D eigenvalue weighted by atomic mass is 35.5. The number of ether oxygens (including phenoxy) is 2. The van der Waals surface area contributed by atoms with E-state index in [9.17, 15) is 10.1 Å². The van der Waals surface area contributed by atoms with Gasteiger partial charge in [-0.05, 0) is 37.1 Å². The molecule has 0 aliphatic carbocycles. The van der Waals surface area contributed by atoms with Gasteiger partial charge in [0.25, 0.3) is 5.69 Å². The molecule has 7 nitrogen and oxygen atoms in total. The normalized spacial score (nSPS) is 10.8. The lowest BCUT2D eigenvalue weighted by Gasteiger charge is -2.11. The summed E-state index contributed by atoms with van der Waals surface area (Å²) in [5, 5.41) is 16.0.